The topological polar surface area (TPSA) is 59.9 Å². The smallest absolute Gasteiger partial charge is 0.131 e. The molecule has 1 aliphatic rings. The highest BCUT2D eigenvalue weighted by Crippen LogP contribution is 2.32. The molecule has 3 nitrogen and oxygen atoms in total. The average molecular weight is 216 g/mol. The summed E-state index contributed by atoms with van der Waals surface area (Å²) < 4.78 is 3.81. The van der Waals surface area contributed by atoms with Crippen molar-refractivity contribution >= 4 is 38.6 Å². The van der Waals surface area contributed by atoms with Gasteiger partial charge in [0.05, 0.1) is 28.9 Å². The van der Waals surface area contributed by atoms with Crippen LogP contribution in [-0.4, -0.2) is 5.04 Å². The second kappa shape index (κ2) is 4.42. The van der Waals surface area contributed by atoms with Gasteiger partial charge < -0.3 is 0 Å². The fourth-order valence-electron chi connectivity index (χ4n) is 0.717. The summed E-state index contributed by atoms with van der Waals surface area (Å²) in [6.45, 7) is 0. The second-order valence-corrected chi connectivity index (χ2v) is 3.49. The third-order valence-electron chi connectivity index (χ3n) is 1.25. The maximum atomic E-state index is 8.68. The van der Waals surface area contributed by atoms with Gasteiger partial charge >= 0.3 is 0 Å². The van der Waals surface area contributed by atoms with Crippen molar-refractivity contribution in [1.29, 1.82) is 10.5 Å². The van der Waals surface area contributed by atoms with Gasteiger partial charge in [-0.15, -0.1) is 0 Å². The van der Waals surface area contributed by atoms with Crippen molar-refractivity contribution in [2.45, 2.75) is 0 Å². The predicted molar refractivity (Wildman–Crippen MR) is 51.3 cm³/mol. The van der Waals surface area contributed by atoms with Crippen molar-refractivity contribution in [3.05, 3.63) is 11.0 Å². The Labute approximate surface area is 82.7 Å². The Morgan fingerprint density at radius 1 is 1.67 bits per heavy atom. The molecular formula is C6H2ClN3S2. The van der Waals surface area contributed by atoms with Crippen LogP contribution in [0.4, 0.5) is 0 Å². The molecule has 0 saturated carbocycles. The summed E-state index contributed by atoms with van der Waals surface area (Å²) in [5, 5.41) is 19.5. The first-order valence-electron chi connectivity index (χ1n) is 2.85. The monoisotopic (exact) mass is 215 g/mol. The van der Waals surface area contributed by atoms with Crippen LogP contribution in [0.3, 0.4) is 0 Å². The maximum absolute atomic E-state index is 8.68. The summed E-state index contributed by atoms with van der Waals surface area (Å²) in [6, 6.07) is 3.92. The van der Waals surface area contributed by atoms with Gasteiger partial charge in [-0.1, -0.05) is 11.8 Å². The van der Waals surface area contributed by atoms with Gasteiger partial charge in [-0.2, -0.15) is 14.9 Å². The van der Waals surface area contributed by atoms with Crippen LogP contribution >= 0.6 is 33.6 Å². The molecule has 1 atom stereocenters. The van der Waals surface area contributed by atoms with Crippen molar-refractivity contribution in [3.8, 4) is 12.1 Å². The Hall–Kier alpha value is -0.620. The Morgan fingerprint density at radius 2 is 2.42 bits per heavy atom. The van der Waals surface area contributed by atoms with Crippen LogP contribution in [0.15, 0.2) is 15.4 Å². The molecule has 6 heteroatoms. The van der Waals surface area contributed by atoms with E-state index in [2.05, 4.69) is 4.40 Å². The molecule has 12 heavy (non-hydrogen) atoms. The van der Waals surface area contributed by atoms with Crippen molar-refractivity contribution in [2.75, 3.05) is 0 Å². The highest BCUT2D eigenvalue weighted by atomic mass is 35.7. The van der Waals surface area contributed by atoms with E-state index < -0.39 is 5.92 Å². The molecule has 0 fully saturated rings. The molecule has 0 aromatic heterocycles. The van der Waals surface area contributed by atoms with Gasteiger partial charge in [0.2, 0.25) is 0 Å². The maximum Gasteiger partial charge on any atom is 0.131 e. The van der Waals surface area contributed by atoms with E-state index in [1.54, 1.807) is 5.41 Å². The number of halogens is 1. The summed E-state index contributed by atoms with van der Waals surface area (Å²) in [4.78, 5) is 0. The van der Waals surface area contributed by atoms with E-state index in [-0.39, 0.29) is 0 Å². The molecule has 60 valence electrons. The van der Waals surface area contributed by atoms with Gasteiger partial charge in [0.25, 0.3) is 0 Å². The fraction of sp³-hybridized carbons (Fsp3) is 0.167. The van der Waals surface area contributed by atoms with Gasteiger partial charge in [-0.05, 0) is 16.1 Å². The van der Waals surface area contributed by atoms with E-state index in [1.165, 1.54) is 11.8 Å². The van der Waals surface area contributed by atoms with E-state index in [1.807, 2.05) is 12.1 Å². The van der Waals surface area contributed by atoms with Crippen molar-refractivity contribution in [1.82, 2.24) is 0 Å². The van der Waals surface area contributed by atoms with Crippen molar-refractivity contribution in [2.24, 2.45) is 10.3 Å². The molecule has 0 amide bonds. The van der Waals surface area contributed by atoms with Gasteiger partial charge in [0.1, 0.15) is 11.0 Å². The SMILES string of the molecule is N#CC1=CSC(=NSCl)C1C#N. The summed E-state index contributed by atoms with van der Waals surface area (Å²) in [5.41, 5.74) is 0.437. The van der Waals surface area contributed by atoms with Crippen molar-refractivity contribution in [3.63, 3.8) is 0 Å². The minimum absolute atomic E-state index is 0.437. The van der Waals surface area contributed by atoms with Crippen LogP contribution in [0.5, 0.6) is 0 Å². The van der Waals surface area contributed by atoms with E-state index in [0.717, 1.165) is 11.2 Å². The number of nitriles is 2. The molecule has 1 heterocycles. The number of allylic oxidation sites excluding steroid dienone is 1. The third kappa shape index (κ3) is 1.75. The highest BCUT2D eigenvalue weighted by molar-refractivity contribution is 8.22. The third-order valence-corrected chi connectivity index (χ3v) is 2.78. The van der Waals surface area contributed by atoms with Gasteiger partial charge in [-0.25, -0.2) is 0 Å². The van der Waals surface area contributed by atoms with Gasteiger partial charge in [0.15, 0.2) is 0 Å². The van der Waals surface area contributed by atoms with Crippen LogP contribution in [0.2, 0.25) is 0 Å². The number of hydrogen-bond acceptors (Lipinski definition) is 5. The first-order valence-corrected chi connectivity index (χ1v) is 5.33. The predicted octanol–water partition coefficient (Wildman–Crippen LogP) is 2.48. The Morgan fingerprint density at radius 3 is 2.92 bits per heavy atom. The molecule has 0 saturated heterocycles. The molecule has 1 unspecified atom stereocenters. The molecule has 1 aliphatic heterocycles. The normalized spacial score (nSPS) is 24.8. The number of hydrogen-bond donors (Lipinski definition) is 0. The number of rotatable bonds is 1. The zero-order valence-electron chi connectivity index (χ0n) is 5.69. The molecular weight excluding hydrogens is 214 g/mol. The Balaban J connectivity index is 2.88. The van der Waals surface area contributed by atoms with Crippen molar-refractivity contribution < 1.29 is 0 Å². The molecule has 0 radical (unpaired) electrons. The van der Waals surface area contributed by atoms with Crippen LogP contribution < -0.4 is 0 Å². The molecule has 0 N–H and O–H groups in total. The lowest BCUT2D eigenvalue weighted by Gasteiger charge is -1.97. The van der Waals surface area contributed by atoms with Crippen LogP contribution in [0, 0.1) is 28.6 Å². The molecule has 0 aliphatic carbocycles. The first kappa shape index (κ1) is 9.47. The second-order valence-electron chi connectivity index (χ2n) is 1.86. The Kier molecular flexibility index (Phi) is 3.48. The average Bonchev–Trinajstić information content (AvgIpc) is 2.47. The van der Waals surface area contributed by atoms with Crippen LogP contribution in [-0.2, 0) is 0 Å². The lowest BCUT2D eigenvalue weighted by molar-refractivity contribution is 1.12. The summed E-state index contributed by atoms with van der Waals surface area (Å²) in [6.07, 6.45) is 0. The number of nitrogens with zero attached hydrogens (tertiary/aromatic N) is 3. The standard InChI is InChI=1S/C6H2ClN3S2/c7-12-10-6-5(2-9)4(1-8)3-11-6/h3,5H. The fourth-order valence-corrected chi connectivity index (χ4v) is 2.27. The zero-order chi connectivity index (χ0) is 8.97. The quantitative estimate of drug-likeness (QED) is 0.631. The lowest BCUT2D eigenvalue weighted by Crippen LogP contribution is -2.04. The molecule has 0 bridgehead atoms. The minimum atomic E-state index is -0.522. The summed E-state index contributed by atoms with van der Waals surface area (Å²) in [5.74, 6) is -0.522. The molecule has 0 spiro atoms. The first-order chi connectivity index (χ1) is 5.83. The molecule has 0 aromatic rings. The van der Waals surface area contributed by atoms with Gasteiger partial charge in [-0.3, -0.25) is 0 Å². The molecule has 1 rings (SSSR count). The summed E-state index contributed by atoms with van der Waals surface area (Å²) >= 11 is 2.05. The van der Waals surface area contributed by atoms with E-state index in [9.17, 15) is 0 Å². The van der Waals surface area contributed by atoms with Crippen LogP contribution in [0.1, 0.15) is 0 Å². The zero-order valence-corrected chi connectivity index (χ0v) is 8.08. The summed E-state index contributed by atoms with van der Waals surface area (Å²) in [7, 11) is 5.30. The number of thioether (sulfide) groups is 1. The van der Waals surface area contributed by atoms with E-state index in [4.69, 9.17) is 21.2 Å². The largest absolute Gasteiger partial charge is 0.197 e. The van der Waals surface area contributed by atoms with E-state index in [0.29, 0.717) is 10.6 Å². The highest BCUT2D eigenvalue weighted by Gasteiger charge is 2.26. The van der Waals surface area contributed by atoms with Crippen LogP contribution in [0.25, 0.3) is 0 Å². The lowest BCUT2D eigenvalue weighted by atomic mass is 10.1. The van der Waals surface area contributed by atoms with E-state index >= 15 is 0 Å². The minimum Gasteiger partial charge on any atom is -0.197 e. The Bertz CT molecular complexity index is 323. The molecule has 0 aromatic carbocycles. The van der Waals surface area contributed by atoms with Gasteiger partial charge in [0, 0.05) is 0 Å².